The molecule has 2 nitrogen and oxygen atoms in total. The Kier molecular flexibility index (Phi) is 3.77. The second kappa shape index (κ2) is 5.30. The molecule has 3 rings (SSSR count). The maximum Gasteiger partial charge on any atom is 0.145 e. The minimum atomic E-state index is 0.344. The topological polar surface area (TPSA) is 15.5 Å². The monoisotopic (exact) mass is 229 g/mol. The first-order valence-electron chi connectivity index (χ1n) is 6.23. The molecule has 0 bridgehead atoms. The Morgan fingerprint density at radius 2 is 1.71 bits per heavy atom. The van der Waals surface area contributed by atoms with Crippen LogP contribution in [0.15, 0.2) is 42.5 Å². The smallest absolute Gasteiger partial charge is 0.145 e. The van der Waals surface area contributed by atoms with E-state index in [0.29, 0.717) is 6.04 Å². The highest BCUT2D eigenvalue weighted by atomic mass is 16.8. The van der Waals surface area contributed by atoms with Crippen LogP contribution in [0.5, 0.6) is 0 Å². The molecule has 0 spiro atoms. The van der Waals surface area contributed by atoms with Gasteiger partial charge in [0.05, 0.1) is 6.04 Å². The van der Waals surface area contributed by atoms with Crippen molar-refractivity contribution in [2.75, 3.05) is 6.73 Å². The fourth-order valence-corrected chi connectivity index (χ4v) is 2.03. The van der Waals surface area contributed by atoms with Gasteiger partial charge in [0, 0.05) is 0 Å². The molecule has 90 valence electrons. The summed E-state index contributed by atoms with van der Waals surface area (Å²) in [7, 11) is 0. The number of hydrogen-bond acceptors (Lipinski definition) is 2. The summed E-state index contributed by atoms with van der Waals surface area (Å²) in [4.78, 5) is 5.21. The molecule has 2 aromatic rings. The third-order valence-electron chi connectivity index (χ3n) is 2.98. The number of hydrogen-bond donors (Lipinski definition) is 0. The van der Waals surface area contributed by atoms with Crippen molar-refractivity contribution >= 4 is 10.8 Å². The predicted octanol–water partition coefficient (Wildman–Crippen LogP) is 4.13. The Balaban J connectivity index is 0.000000514. The molecule has 0 saturated carbocycles. The highest BCUT2D eigenvalue weighted by molar-refractivity contribution is 5.86. The van der Waals surface area contributed by atoms with Crippen LogP contribution in [0.4, 0.5) is 0 Å². The summed E-state index contributed by atoms with van der Waals surface area (Å²) in [5, 5.41) is 4.61. The number of rotatable bonds is 2. The lowest BCUT2D eigenvalue weighted by Crippen LogP contribution is -2.04. The first-order chi connectivity index (χ1) is 8.36. The van der Waals surface area contributed by atoms with Gasteiger partial charge in [-0.1, -0.05) is 56.3 Å². The molecular weight excluding hydrogens is 210 g/mol. The predicted molar refractivity (Wildman–Crippen MR) is 71.5 cm³/mol. The minimum Gasteiger partial charge on any atom is -0.278 e. The van der Waals surface area contributed by atoms with Gasteiger partial charge in [0.1, 0.15) is 6.73 Å². The van der Waals surface area contributed by atoms with E-state index >= 15 is 0 Å². The van der Waals surface area contributed by atoms with Crippen LogP contribution in [-0.4, -0.2) is 11.8 Å². The first-order valence-corrected chi connectivity index (χ1v) is 6.23. The van der Waals surface area contributed by atoms with Crippen molar-refractivity contribution in [1.29, 1.82) is 0 Å². The van der Waals surface area contributed by atoms with Gasteiger partial charge in [-0.3, -0.25) is 4.84 Å². The van der Waals surface area contributed by atoms with Crippen molar-refractivity contribution < 1.29 is 4.84 Å². The quantitative estimate of drug-likeness (QED) is 0.719. The largest absolute Gasteiger partial charge is 0.278 e. The molecule has 2 unspecified atom stereocenters. The van der Waals surface area contributed by atoms with Gasteiger partial charge >= 0.3 is 0 Å². The summed E-state index contributed by atoms with van der Waals surface area (Å²) in [6.45, 7) is 6.93. The molecule has 17 heavy (non-hydrogen) atoms. The summed E-state index contributed by atoms with van der Waals surface area (Å²) < 4.78 is 0. The zero-order chi connectivity index (χ0) is 12.3. The van der Waals surface area contributed by atoms with Crippen molar-refractivity contribution in [3.05, 3.63) is 48.0 Å². The van der Waals surface area contributed by atoms with Crippen LogP contribution >= 0.6 is 0 Å². The van der Waals surface area contributed by atoms with Crippen molar-refractivity contribution in [1.82, 2.24) is 5.06 Å². The standard InChI is InChI=1S/C13H13NO.C2H6/c1-10(14-9-15-14)12-8-4-6-11-5-2-3-7-13(11)12;1-2/h2-8,10H,9H2,1H3;1-2H3. The van der Waals surface area contributed by atoms with E-state index in [0.717, 1.165) is 6.73 Å². The Bertz CT molecular complexity index is 486. The van der Waals surface area contributed by atoms with Crippen LogP contribution in [0.3, 0.4) is 0 Å². The summed E-state index contributed by atoms with van der Waals surface area (Å²) >= 11 is 0. The number of benzene rings is 2. The molecule has 1 aliphatic heterocycles. The van der Waals surface area contributed by atoms with Gasteiger partial charge in [-0.25, -0.2) is 0 Å². The Morgan fingerprint density at radius 3 is 2.41 bits per heavy atom. The molecule has 0 aliphatic carbocycles. The van der Waals surface area contributed by atoms with Crippen LogP contribution < -0.4 is 0 Å². The van der Waals surface area contributed by atoms with E-state index in [2.05, 4.69) is 49.4 Å². The fourth-order valence-electron chi connectivity index (χ4n) is 2.03. The minimum absolute atomic E-state index is 0.344. The highest BCUT2D eigenvalue weighted by Crippen LogP contribution is 2.31. The molecule has 1 aliphatic rings. The second-order valence-electron chi connectivity index (χ2n) is 3.92. The van der Waals surface area contributed by atoms with Crippen LogP contribution in [0, 0.1) is 0 Å². The number of fused-ring (bicyclic) bond motifs is 1. The molecule has 0 aromatic heterocycles. The van der Waals surface area contributed by atoms with Crippen LogP contribution in [0.1, 0.15) is 32.4 Å². The van der Waals surface area contributed by atoms with E-state index in [1.165, 1.54) is 16.3 Å². The van der Waals surface area contributed by atoms with Crippen molar-refractivity contribution in [2.45, 2.75) is 26.8 Å². The van der Waals surface area contributed by atoms with E-state index in [1.54, 1.807) is 0 Å². The van der Waals surface area contributed by atoms with E-state index in [1.807, 2.05) is 18.9 Å². The lowest BCUT2D eigenvalue weighted by molar-refractivity contribution is 0.157. The van der Waals surface area contributed by atoms with Gasteiger partial charge in [-0.05, 0) is 23.3 Å². The second-order valence-corrected chi connectivity index (χ2v) is 3.92. The maximum absolute atomic E-state index is 5.21. The third-order valence-corrected chi connectivity index (χ3v) is 2.98. The lowest BCUT2D eigenvalue weighted by Gasteiger charge is -2.12. The van der Waals surface area contributed by atoms with Crippen molar-refractivity contribution in [2.24, 2.45) is 0 Å². The van der Waals surface area contributed by atoms with Gasteiger partial charge in [0.15, 0.2) is 0 Å². The summed E-state index contributed by atoms with van der Waals surface area (Å²) in [5.74, 6) is 0. The SMILES string of the molecule is CC.CC(c1cccc2ccccc12)N1CO1. The third kappa shape index (κ3) is 2.48. The van der Waals surface area contributed by atoms with Crippen LogP contribution in [0.25, 0.3) is 10.8 Å². The van der Waals surface area contributed by atoms with Gasteiger partial charge in [-0.2, -0.15) is 5.06 Å². The average molecular weight is 229 g/mol. The first kappa shape index (κ1) is 12.1. The van der Waals surface area contributed by atoms with Gasteiger partial charge < -0.3 is 0 Å². The molecule has 1 saturated heterocycles. The zero-order valence-corrected chi connectivity index (χ0v) is 10.7. The molecular formula is C15H19NO. The summed E-state index contributed by atoms with van der Waals surface area (Å²) in [6, 6.07) is 15.3. The van der Waals surface area contributed by atoms with E-state index in [-0.39, 0.29) is 0 Å². The Hall–Kier alpha value is -1.38. The molecule has 2 heteroatoms. The molecule has 0 amide bonds. The van der Waals surface area contributed by atoms with E-state index < -0.39 is 0 Å². The van der Waals surface area contributed by atoms with E-state index in [4.69, 9.17) is 4.84 Å². The summed E-state index contributed by atoms with van der Waals surface area (Å²) in [5.41, 5.74) is 1.34. The van der Waals surface area contributed by atoms with Crippen LogP contribution in [-0.2, 0) is 4.84 Å². The van der Waals surface area contributed by atoms with Crippen molar-refractivity contribution in [3.63, 3.8) is 0 Å². The van der Waals surface area contributed by atoms with E-state index in [9.17, 15) is 0 Å². The molecule has 1 heterocycles. The van der Waals surface area contributed by atoms with Gasteiger partial charge in [0.2, 0.25) is 0 Å². The zero-order valence-electron chi connectivity index (χ0n) is 10.7. The van der Waals surface area contributed by atoms with Gasteiger partial charge in [-0.15, -0.1) is 0 Å². The average Bonchev–Trinajstić information content (AvgIpc) is 3.24. The Morgan fingerprint density at radius 1 is 1.06 bits per heavy atom. The Labute approximate surface area is 103 Å². The maximum atomic E-state index is 5.21. The highest BCUT2D eigenvalue weighted by Gasteiger charge is 2.27. The van der Waals surface area contributed by atoms with Gasteiger partial charge in [0.25, 0.3) is 0 Å². The molecule has 0 radical (unpaired) electrons. The normalized spacial score (nSPS) is 19.4. The van der Waals surface area contributed by atoms with Crippen molar-refractivity contribution in [3.8, 4) is 0 Å². The summed E-state index contributed by atoms with van der Waals surface area (Å²) in [6.07, 6.45) is 0. The molecule has 2 aromatic carbocycles. The lowest BCUT2D eigenvalue weighted by atomic mass is 10.00. The number of nitrogens with zero attached hydrogens (tertiary/aromatic N) is 1. The van der Waals surface area contributed by atoms with Crippen LogP contribution in [0.2, 0.25) is 0 Å². The fraction of sp³-hybridized carbons (Fsp3) is 0.333. The molecule has 0 N–H and O–H groups in total. The molecule has 1 fully saturated rings. The molecule has 2 atom stereocenters. The number of hydroxylamine groups is 2.